The lowest BCUT2D eigenvalue weighted by Gasteiger charge is -2.32. The summed E-state index contributed by atoms with van der Waals surface area (Å²) < 4.78 is 10.6. The zero-order chi connectivity index (χ0) is 20.1. The van der Waals surface area contributed by atoms with Crippen LogP contribution in [0.4, 0.5) is 5.69 Å². The third-order valence-electron chi connectivity index (χ3n) is 5.22. The molecule has 3 rings (SSSR count). The van der Waals surface area contributed by atoms with Crippen molar-refractivity contribution in [2.75, 3.05) is 37.7 Å². The van der Waals surface area contributed by atoms with Gasteiger partial charge in [-0.1, -0.05) is 6.07 Å². The normalized spacial score (nSPS) is 19.1. The Morgan fingerprint density at radius 3 is 2.93 bits per heavy atom. The van der Waals surface area contributed by atoms with Gasteiger partial charge in [0.15, 0.2) is 6.61 Å². The van der Waals surface area contributed by atoms with Gasteiger partial charge in [0.2, 0.25) is 5.91 Å². The van der Waals surface area contributed by atoms with E-state index in [1.165, 1.54) is 0 Å². The van der Waals surface area contributed by atoms with Gasteiger partial charge in [0.05, 0.1) is 18.2 Å². The lowest BCUT2D eigenvalue weighted by Crippen LogP contribution is -2.43. The third-order valence-corrected chi connectivity index (χ3v) is 5.22. The number of hydrogen-bond donors (Lipinski definition) is 0. The lowest BCUT2D eigenvalue weighted by atomic mass is 9.98. The summed E-state index contributed by atoms with van der Waals surface area (Å²) in [6.45, 7) is 5.71. The van der Waals surface area contributed by atoms with Crippen LogP contribution in [0.5, 0.6) is 5.75 Å². The molecule has 0 bridgehead atoms. The van der Waals surface area contributed by atoms with Gasteiger partial charge in [-0.25, -0.2) is 0 Å². The zero-order valence-corrected chi connectivity index (χ0v) is 16.6. The van der Waals surface area contributed by atoms with Crippen LogP contribution in [0.3, 0.4) is 0 Å². The molecule has 0 aliphatic carbocycles. The molecule has 0 unspecified atom stereocenters. The fourth-order valence-electron chi connectivity index (χ4n) is 3.76. The monoisotopic (exact) mass is 388 g/mol. The average molecular weight is 388 g/mol. The molecule has 28 heavy (non-hydrogen) atoms. The van der Waals surface area contributed by atoms with Gasteiger partial charge in [-0.2, -0.15) is 0 Å². The molecular weight excluding hydrogens is 360 g/mol. The number of nitrogens with zero attached hydrogens (tertiary/aromatic N) is 2. The number of amides is 2. The Kier molecular flexibility index (Phi) is 6.54. The molecule has 0 saturated carbocycles. The number of carbonyl (C=O) groups is 3. The molecule has 7 nitrogen and oxygen atoms in total. The van der Waals surface area contributed by atoms with Gasteiger partial charge in [-0.05, 0) is 50.8 Å². The van der Waals surface area contributed by atoms with E-state index in [0.29, 0.717) is 44.8 Å². The lowest BCUT2D eigenvalue weighted by molar-refractivity contribution is -0.151. The quantitative estimate of drug-likeness (QED) is 0.699. The van der Waals surface area contributed by atoms with Crippen LogP contribution in [0.25, 0.3) is 0 Å². The van der Waals surface area contributed by atoms with Crippen molar-refractivity contribution in [3.8, 4) is 5.75 Å². The second kappa shape index (κ2) is 9.08. The average Bonchev–Trinajstić information content (AvgIpc) is 2.70. The first-order chi connectivity index (χ1) is 13.5. The van der Waals surface area contributed by atoms with E-state index >= 15 is 0 Å². The Balaban J connectivity index is 1.54. The van der Waals surface area contributed by atoms with Crippen molar-refractivity contribution in [3.63, 3.8) is 0 Å². The molecule has 0 aromatic heterocycles. The molecule has 0 radical (unpaired) electrons. The number of anilines is 1. The van der Waals surface area contributed by atoms with E-state index in [-0.39, 0.29) is 30.3 Å². The molecule has 0 N–H and O–H groups in total. The number of hydrogen-bond acceptors (Lipinski definition) is 5. The number of carbonyl (C=O) groups excluding carboxylic acids is 3. The molecule has 1 atom stereocenters. The number of rotatable bonds is 6. The molecule has 1 aromatic rings. The van der Waals surface area contributed by atoms with Crippen molar-refractivity contribution in [1.82, 2.24) is 4.90 Å². The standard InChI is InChI=1S/C21H28N2O5/c1-3-27-21(26)16-6-4-10-22(13-16)19(24)7-5-11-23-17-12-15(2)8-9-18(17)28-14-20(23)25/h8-9,12,16H,3-7,10-11,13-14H2,1-2H3/t16-/m0/s1. The summed E-state index contributed by atoms with van der Waals surface area (Å²) in [6, 6.07) is 5.76. The van der Waals surface area contributed by atoms with Crippen LogP contribution in [0.15, 0.2) is 18.2 Å². The van der Waals surface area contributed by atoms with Gasteiger partial charge >= 0.3 is 5.97 Å². The minimum absolute atomic E-state index is 0.0252. The summed E-state index contributed by atoms with van der Waals surface area (Å²) in [5, 5.41) is 0. The Morgan fingerprint density at radius 2 is 2.14 bits per heavy atom. The summed E-state index contributed by atoms with van der Waals surface area (Å²) in [7, 11) is 0. The minimum atomic E-state index is -0.228. The van der Waals surface area contributed by atoms with Crippen molar-refractivity contribution >= 4 is 23.5 Å². The third kappa shape index (κ3) is 4.64. The smallest absolute Gasteiger partial charge is 0.310 e. The van der Waals surface area contributed by atoms with Crippen molar-refractivity contribution in [1.29, 1.82) is 0 Å². The first-order valence-electron chi connectivity index (χ1n) is 9.97. The van der Waals surface area contributed by atoms with Crippen LogP contribution < -0.4 is 9.64 Å². The molecule has 7 heteroatoms. The zero-order valence-electron chi connectivity index (χ0n) is 16.6. The van der Waals surface area contributed by atoms with Crippen molar-refractivity contribution in [3.05, 3.63) is 23.8 Å². The Morgan fingerprint density at radius 1 is 1.32 bits per heavy atom. The van der Waals surface area contributed by atoms with E-state index in [1.54, 1.807) is 16.7 Å². The maximum absolute atomic E-state index is 12.6. The number of fused-ring (bicyclic) bond motifs is 1. The van der Waals surface area contributed by atoms with E-state index in [9.17, 15) is 14.4 Å². The largest absolute Gasteiger partial charge is 0.482 e. The molecule has 2 aliphatic heterocycles. The van der Waals surface area contributed by atoms with Gasteiger partial charge in [0, 0.05) is 26.1 Å². The molecule has 152 valence electrons. The maximum Gasteiger partial charge on any atom is 0.310 e. The molecule has 1 saturated heterocycles. The predicted molar refractivity (Wildman–Crippen MR) is 104 cm³/mol. The minimum Gasteiger partial charge on any atom is -0.482 e. The van der Waals surface area contributed by atoms with Gasteiger partial charge < -0.3 is 19.3 Å². The fraction of sp³-hybridized carbons (Fsp3) is 0.571. The summed E-state index contributed by atoms with van der Waals surface area (Å²) in [5.41, 5.74) is 1.82. The Bertz CT molecular complexity index is 748. The topological polar surface area (TPSA) is 76.2 Å². The summed E-state index contributed by atoms with van der Waals surface area (Å²) in [4.78, 5) is 40.3. The van der Waals surface area contributed by atoms with E-state index < -0.39 is 0 Å². The van der Waals surface area contributed by atoms with E-state index in [2.05, 4.69) is 0 Å². The number of likely N-dealkylation sites (tertiary alicyclic amines) is 1. The number of benzene rings is 1. The van der Waals surface area contributed by atoms with Crippen LogP contribution in [0.1, 0.15) is 38.2 Å². The molecule has 0 spiro atoms. The maximum atomic E-state index is 12.6. The van der Waals surface area contributed by atoms with Crippen LogP contribution in [0.2, 0.25) is 0 Å². The summed E-state index contributed by atoms with van der Waals surface area (Å²) in [6.07, 6.45) is 2.49. The van der Waals surface area contributed by atoms with Gasteiger partial charge in [-0.15, -0.1) is 0 Å². The van der Waals surface area contributed by atoms with Crippen LogP contribution in [0, 0.1) is 12.8 Å². The second-order valence-corrected chi connectivity index (χ2v) is 7.34. The highest BCUT2D eigenvalue weighted by Gasteiger charge is 2.30. The highest BCUT2D eigenvalue weighted by Crippen LogP contribution is 2.33. The molecule has 1 aromatic carbocycles. The van der Waals surface area contributed by atoms with Crippen LogP contribution >= 0.6 is 0 Å². The fourth-order valence-corrected chi connectivity index (χ4v) is 3.76. The SMILES string of the molecule is CCOC(=O)[C@H]1CCCN(C(=O)CCCN2C(=O)COc3ccc(C)cc32)C1. The molecule has 2 amide bonds. The number of ether oxygens (including phenoxy) is 2. The molecule has 2 aliphatic rings. The predicted octanol–water partition coefficient (Wildman–Crippen LogP) is 2.30. The van der Waals surface area contributed by atoms with Gasteiger partial charge in [0.25, 0.3) is 5.91 Å². The van der Waals surface area contributed by atoms with Crippen molar-refractivity contribution < 1.29 is 23.9 Å². The van der Waals surface area contributed by atoms with Gasteiger partial charge in [-0.3, -0.25) is 14.4 Å². The first kappa shape index (κ1) is 20.2. The van der Waals surface area contributed by atoms with Crippen LogP contribution in [-0.4, -0.2) is 55.5 Å². The number of aryl methyl sites for hydroxylation is 1. The first-order valence-corrected chi connectivity index (χ1v) is 9.97. The van der Waals surface area contributed by atoms with Gasteiger partial charge in [0.1, 0.15) is 5.75 Å². The second-order valence-electron chi connectivity index (χ2n) is 7.34. The van der Waals surface area contributed by atoms with E-state index in [1.807, 2.05) is 25.1 Å². The highest BCUT2D eigenvalue weighted by atomic mass is 16.5. The van der Waals surface area contributed by atoms with Crippen LogP contribution in [-0.2, 0) is 19.1 Å². The highest BCUT2D eigenvalue weighted by molar-refractivity contribution is 5.98. The van der Waals surface area contributed by atoms with Crippen molar-refractivity contribution in [2.24, 2.45) is 5.92 Å². The number of esters is 1. The molecule has 1 fully saturated rings. The van der Waals surface area contributed by atoms with E-state index in [4.69, 9.17) is 9.47 Å². The molecule has 2 heterocycles. The molecular formula is C21H28N2O5. The summed E-state index contributed by atoms with van der Waals surface area (Å²) >= 11 is 0. The Hall–Kier alpha value is -2.57. The Labute approximate surface area is 165 Å². The van der Waals surface area contributed by atoms with Crippen molar-refractivity contribution in [2.45, 2.75) is 39.5 Å². The van der Waals surface area contributed by atoms with E-state index in [0.717, 1.165) is 24.1 Å². The summed E-state index contributed by atoms with van der Waals surface area (Å²) in [5.74, 6) is 0.189. The number of piperidine rings is 1.